The van der Waals surface area contributed by atoms with Crippen LogP contribution < -0.4 is 0 Å². The molecule has 0 atom stereocenters. The highest BCUT2D eigenvalue weighted by Crippen LogP contribution is 2.13. The van der Waals surface area contributed by atoms with Crippen molar-refractivity contribution in [1.82, 2.24) is 4.90 Å². The molecule has 0 spiro atoms. The molecule has 1 amide bonds. The van der Waals surface area contributed by atoms with E-state index in [0.29, 0.717) is 17.7 Å². The SMILES string of the molecule is Cc1ccc(C(=O)N(C)CCCCCO)c(C#CCO)c1. The Morgan fingerprint density at radius 1 is 1.24 bits per heavy atom. The number of carbonyl (C=O) groups excluding carboxylic acids is 1. The Hall–Kier alpha value is -1.83. The highest BCUT2D eigenvalue weighted by atomic mass is 16.3. The van der Waals surface area contributed by atoms with Gasteiger partial charge in [0, 0.05) is 25.8 Å². The second-order valence-electron chi connectivity index (χ2n) is 5.02. The van der Waals surface area contributed by atoms with Crippen LogP contribution in [-0.2, 0) is 0 Å². The van der Waals surface area contributed by atoms with Crippen molar-refractivity contribution in [2.45, 2.75) is 26.2 Å². The lowest BCUT2D eigenvalue weighted by molar-refractivity contribution is 0.0792. The van der Waals surface area contributed by atoms with E-state index in [-0.39, 0.29) is 19.1 Å². The number of aliphatic hydroxyl groups excluding tert-OH is 2. The lowest BCUT2D eigenvalue weighted by Gasteiger charge is -2.18. The smallest absolute Gasteiger partial charge is 0.254 e. The quantitative estimate of drug-likeness (QED) is 0.617. The number of rotatable bonds is 6. The summed E-state index contributed by atoms with van der Waals surface area (Å²) in [6.45, 7) is 2.56. The average Bonchev–Trinajstić information content (AvgIpc) is 2.48. The van der Waals surface area contributed by atoms with E-state index in [4.69, 9.17) is 10.2 Å². The molecule has 1 rings (SSSR count). The predicted molar refractivity (Wildman–Crippen MR) is 83.0 cm³/mol. The van der Waals surface area contributed by atoms with Crippen LogP contribution in [0.4, 0.5) is 0 Å². The van der Waals surface area contributed by atoms with Crippen LogP contribution in [0.25, 0.3) is 0 Å². The number of amides is 1. The summed E-state index contributed by atoms with van der Waals surface area (Å²) in [5.41, 5.74) is 2.24. The van der Waals surface area contributed by atoms with Crippen molar-refractivity contribution in [3.63, 3.8) is 0 Å². The number of unbranched alkanes of at least 4 members (excludes halogenated alkanes) is 2. The minimum atomic E-state index is -0.224. The van der Waals surface area contributed by atoms with Crippen molar-refractivity contribution in [3.05, 3.63) is 34.9 Å². The third kappa shape index (κ3) is 5.58. The van der Waals surface area contributed by atoms with Crippen molar-refractivity contribution >= 4 is 5.91 Å². The maximum atomic E-state index is 12.4. The van der Waals surface area contributed by atoms with Crippen molar-refractivity contribution in [3.8, 4) is 11.8 Å². The van der Waals surface area contributed by atoms with Crippen LogP contribution >= 0.6 is 0 Å². The minimum absolute atomic E-state index is 0.0683. The van der Waals surface area contributed by atoms with Gasteiger partial charge in [0.25, 0.3) is 5.91 Å². The van der Waals surface area contributed by atoms with Crippen molar-refractivity contribution in [1.29, 1.82) is 0 Å². The summed E-state index contributed by atoms with van der Waals surface area (Å²) in [5, 5.41) is 17.6. The maximum absolute atomic E-state index is 12.4. The molecule has 0 bridgehead atoms. The molecular formula is C17H23NO3. The summed E-state index contributed by atoms with van der Waals surface area (Å²) in [6.07, 6.45) is 2.53. The normalized spacial score (nSPS) is 9.90. The van der Waals surface area contributed by atoms with Crippen molar-refractivity contribution in [2.24, 2.45) is 0 Å². The lowest BCUT2D eigenvalue weighted by atomic mass is 10.0. The molecule has 0 heterocycles. The van der Waals surface area contributed by atoms with Crippen LogP contribution in [0.15, 0.2) is 18.2 Å². The molecule has 1 aromatic carbocycles. The van der Waals surface area contributed by atoms with Crippen LogP contribution in [0.1, 0.15) is 40.7 Å². The van der Waals surface area contributed by atoms with Gasteiger partial charge in [-0.25, -0.2) is 0 Å². The molecule has 0 saturated heterocycles. The highest BCUT2D eigenvalue weighted by molar-refractivity contribution is 5.96. The molecule has 0 fully saturated rings. The first-order valence-electron chi connectivity index (χ1n) is 7.17. The largest absolute Gasteiger partial charge is 0.396 e. The van der Waals surface area contributed by atoms with Crippen LogP contribution in [0.2, 0.25) is 0 Å². The fraction of sp³-hybridized carbons (Fsp3) is 0.471. The zero-order valence-corrected chi connectivity index (χ0v) is 12.7. The summed E-state index contributed by atoms with van der Waals surface area (Å²) >= 11 is 0. The Bertz CT molecular complexity index is 529. The van der Waals surface area contributed by atoms with Gasteiger partial charge < -0.3 is 15.1 Å². The molecule has 4 heteroatoms. The lowest BCUT2D eigenvalue weighted by Crippen LogP contribution is -2.28. The number of hydrogen-bond acceptors (Lipinski definition) is 3. The van der Waals surface area contributed by atoms with Gasteiger partial charge in [0.15, 0.2) is 0 Å². The molecule has 0 aliphatic carbocycles. The van der Waals surface area contributed by atoms with Gasteiger partial charge >= 0.3 is 0 Å². The van der Waals surface area contributed by atoms with Gasteiger partial charge in [0.2, 0.25) is 0 Å². The fourth-order valence-corrected chi connectivity index (χ4v) is 2.03. The number of carbonyl (C=O) groups is 1. The second-order valence-corrected chi connectivity index (χ2v) is 5.02. The molecule has 4 nitrogen and oxygen atoms in total. The number of aliphatic hydroxyl groups is 2. The zero-order valence-electron chi connectivity index (χ0n) is 12.7. The van der Waals surface area contributed by atoms with Gasteiger partial charge in [0.1, 0.15) is 6.61 Å². The first-order chi connectivity index (χ1) is 10.1. The second kappa shape index (κ2) is 9.17. The van der Waals surface area contributed by atoms with Gasteiger partial charge in [-0.1, -0.05) is 17.9 Å². The minimum Gasteiger partial charge on any atom is -0.396 e. The molecule has 0 aliphatic rings. The third-order valence-electron chi connectivity index (χ3n) is 3.21. The molecule has 1 aromatic rings. The molecule has 21 heavy (non-hydrogen) atoms. The number of hydrogen-bond donors (Lipinski definition) is 2. The summed E-state index contributed by atoms with van der Waals surface area (Å²) < 4.78 is 0. The van der Waals surface area contributed by atoms with Crippen LogP contribution in [0.5, 0.6) is 0 Å². The zero-order chi connectivity index (χ0) is 15.7. The van der Waals surface area contributed by atoms with E-state index in [2.05, 4.69) is 11.8 Å². The summed E-state index contributed by atoms with van der Waals surface area (Å²) in [4.78, 5) is 14.1. The summed E-state index contributed by atoms with van der Waals surface area (Å²) in [6, 6.07) is 5.52. The Balaban J connectivity index is 2.81. The molecule has 114 valence electrons. The predicted octanol–water partition coefficient (Wildman–Crippen LogP) is 1.57. The monoisotopic (exact) mass is 289 g/mol. The van der Waals surface area contributed by atoms with Crippen LogP contribution in [0, 0.1) is 18.8 Å². The van der Waals surface area contributed by atoms with Crippen molar-refractivity contribution in [2.75, 3.05) is 26.8 Å². The molecule has 0 saturated carbocycles. The standard InChI is InChI=1S/C17H23NO3/c1-14-8-9-16(15(13-14)7-6-12-20)17(21)18(2)10-4-3-5-11-19/h8-9,13,19-20H,3-5,10-12H2,1-2H3. The van der Waals surface area contributed by atoms with E-state index < -0.39 is 0 Å². The van der Waals surface area contributed by atoms with E-state index in [1.165, 1.54) is 0 Å². The van der Waals surface area contributed by atoms with Gasteiger partial charge in [-0.3, -0.25) is 4.79 Å². The Morgan fingerprint density at radius 3 is 2.67 bits per heavy atom. The van der Waals surface area contributed by atoms with Crippen molar-refractivity contribution < 1.29 is 15.0 Å². The highest BCUT2D eigenvalue weighted by Gasteiger charge is 2.14. The first-order valence-corrected chi connectivity index (χ1v) is 7.17. The average molecular weight is 289 g/mol. The third-order valence-corrected chi connectivity index (χ3v) is 3.21. The van der Waals surface area contributed by atoms with E-state index >= 15 is 0 Å². The van der Waals surface area contributed by atoms with E-state index in [0.717, 1.165) is 24.8 Å². The van der Waals surface area contributed by atoms with E-state index in [9.17, 15) is 4.79 Å². The number of nitrogens with zero attached hydrogens (tertiary/aromatic N) is 1. The Morgan fingerprint density at radius 2 is 2.00 bits per heavy atom. The molecular weight excluding hydrogens is 266 g/mol. The molecule has 0 radical (unpaired) electrons. The molecule has 0 aliphatic heterocycles. The Labute approximate surface area is 126 Å². The van der Waals surface area contributed by atoms with Gasteiger partial charge in [-0.15, -0.1) is 0 Å². The topological polar surface area (TPSA) is 60.8 Å². The maximum Gasteiger partial charge on any atom is 0.254 e. The van der Waals surface area contributed by atoms with Gasteiger partial charge in [0.05, 0.1) is 5.56 Å². The van der Waals surface area contributed by atoms with Crippen LogP contribution in [0.3, 0.4) is 0 Å². The molecule has 0 aromatic heterocycles. The first kappa shape index (κ1) is 17.2. The number of benzene rings is 1. The molecule has 2 N–H and O–H groups in total. The van der Waals surface area contributed by atoms with E-state index in [1.807, 2.05) is 19.1 Å². The fourth-order valence-electron chi connectivity index (χ4n) is 2.03. The van der Waals surface area contributed by atoms with Gasteiger partial charge in [-0.2, -0.15) is 0 Å². The summed E-state index contributed by atoms with van der Waals surface area (Å²) in [5.74, 6) is 5.36. The van der Waals surface area contributed by atoms with Crippen LogP contribution in [-0.4, -0.2) is 47.8 Å². The van der Waals surface area contributed by atoms with E-state index in [1.54, 1.807) is 18.0 Å². The van der Waals surface area contributed by atoms with Gasteiger partial charge in [-0.05, 0) is 43.9 Å². The molecule has 0 unspecified atom stereocenters. The Kier molecular flexibility index (Phi) is 7.52. The summed E-state index contributed by atoms with van der Waals surface area (Å²) in [7, 11) is 1.77. The number of aryl methyl sites for hydroxylation is 1.